The van der Waals surface area contributed by atoms with Gasteiger partial charge in [-0.1, -0.05) is 18.2 Å². The molecule has 2 saturated heterocycles. The molecule has 2 fully saturated rings. The Morgan fingerprint density at radius 3 is 2.85 bits per heavy atom. The van der Waals surface area contributed by atoms with Crippen LogP contribution in [-0.4, -0.2) is 42.1 Å². The Morgan fingerprint density at radius 1 is 1.30 bits per heavy atom. The first-order valence-electron chi connectivity index (χ1n) is 7.21. The Balaban J connectivity index is 1.50. The molecule has 2 aromatic rings. The van der Waals surface area contributed by atoms with E-state index < -0.39 is 0 Å². The summed E-state index contributed by atoms with van der Waals surface area (Å²) in [5, 5.41) is 0.939. The third kappa shape index (κ3) is 1.83. The highest BCUT2D eigenvalue weighted by Gasteiger charge is 2.44. The molecule has 0 amide bonds. The van der Waals surface area contributed by atoms with Crippen molar-refractivity contribution in [3.05, 3.63) is 36.0 Å². The maximum absolute atomic E-state index is 12.3. The highest BCUT2D eigenvalue weighted by Crippen LogP contribution is 2.40. The van der Waals surface area contributed by atoms with Crippen LogP contribution in [0.5, 0.6) is 0 Å². The van der Waals surface area contributed by atoms with Crippen molar-refractivity contribution >= 4 is 16.9 Å². The molecule has 4 rings (SSSR count). The first-order chi connectivity index (χ1) is 9.76. The van der Waals surface area contributed by atoms with Crippen LogP contribution < -0.4 is 0 Å². The molecular formula is C16H18N2O2. The van der Waals surface area contributed by atoms with Crippen molar-refractivity contribution in [2.24, 2.45) is 5.41 Å². The minimum absolute atomic E-state index is 0.206. The number of fused-ring (bicyclic) bond motifs is 3. The lowest BCUT2D eigenvalue weighted by molar-refractivity contribution is 0.0326. The van der Waals surface area contributed by atoms with Gasteiger partial charge in [0.25, 0.3) is 0 Å². The quantitative estimate of drug-likeness (QED) is 0.871. The van der Waals surface area contributed by atoms with Gasteiger partial charge >= 0.3 is 5.97 Å². The van der Waals surface area contributed by atoms with Crippen LogP contribution in [0.3, 0.4) is 0 Å². The van der Waals surface area contributed by atoms with Gasteiger partial charge in [-0.25, -0.2) is 4.79 Å². The number of hydrogen-bond donors (Lipinski definition) is 1. The van der Waals surface area contributed by atoms with E-state index in [4.69, 9.17) is 4.74 Å². The molecule has 20 heavy (non-hydrogen) atoms. The normalized spacial score (nSPS) is 28.1. The number of aromatic nitrogens is 1. The zero-order valence-corrected chi connectivity index (χ0v) is 11.4. The predicted molar refractivity (Wildman–Crippen MR) is 76.7 cm³/mol. The van der Waals surface area contributed by atoms with Gasteiger partial charge < -0.3 is 14.6 Å². The second kappa shape index (κ2) is 4.35. The average molecular weight is 270 g/mol. The zero-order valence-electron chi connectivity index (χ0n) is 11.4. The van der Waals surface area contributed by atoms with E-state index in [0.717, 1.165) is 43.4 Å². The van der Waals surface area contributed by atoms with Gasteiger partial charge in [0.1, 0.15) is 0 Å². The van der Waals surface area contributed by atoms with Gasteiger partial charge in [0.15, 0.2) is 0 Å². The molecule has 1 N–H and O–H groups in total. The number of ether oxygens (including phenoxy) is 1. The van der Waals surface area contributed by atoms with E-state index in [1.807, 2.05) is 24.3 Å². The molecule has 2 bridgehead atoms. The smallest absolute Gasteiger partial charge is 0.340 e. The number of rotatable bonds is 3. The number of esters is 1. The standard InChI is InChI=1S/C16H18N2O2/c19-15(13-9-17-14-4-2-1-3-12(13)14)20-11-16-5-7-18(10-16)8-6-16/h1-4,9,17H,5-8,10-11H2. The van der Waals surface area contributed by atoms with Gasteiger partial charge in [0.2, 0.25) is 0 Å². The molecule has 0 saturated carbocycles. The van der Waals surface area contributed by atoms with E-state index in [-0.39, 0.29) is 11.4 Å². The summed E-state index contributed by atoms with van der Waals surface area (Å²) in [7, 11) is 0. The Morgan fingerprint density at radius 2 is 2.10 bits per heavy atom. The summed E-state index contributed by atoms with van der Waals surface area (Å²) < 4.78 is 5.61. The zero-order chi connectivity index (χ0) is 13.6. The summed E-state index contributed by atoms with van der Waals surface area (Å²) in [4.78, 5) is 17.9. The molecule has 1 aromatic heterocycles. The highest BCUT2D eigenvalue weighted by atomic mass is 16.5. The Bertz CT molecular complexity index is 653. The fourth-order valence-electron chi connectivity index (χ4n) is 3.54. The molecule has 0 atom stereocenters. The summed E-state index contributed by atoms with van der Waals surface area (Å²) in [5.41, 5.74) is 1.84. The second-order valence-corrected chi connectivity index (χ2v) is 6.10. The first kappa shape index (κ1) is 12.0. The van der Waals surface area contributed by atoms with Crippen LogP contribution >= 0.6 is 0 Å². The number of H-pyrrole nitrogens is 1. The van der Waals surface area contributed by atoms with E-state index in [1.54, 1.807) is 6.20 Å². The number of piperidine rings is 1. The molecule has 104 valence electrons. The maximum atomic E-state index is 12.3. The fraction of sp³-hybridized carbons (Fsp3) is 0.438. The van der Waals surface area contributed by atoms with Crippen molar-refractivity contribution in [3.8, 4) is 0 Å². The molecule has 3 heterocycles. The topological polar surface area (TPSA) is 45.3 Å². The fourth-order valence-corrected chi connectivity index (χ4v) is 3.54. The molecular weight excluding hydrogens is 252 g/mol. The largest absolute Gasteiger partial charge is 0.461 e. The summed E-state index contributed by atoms with van der Waals surface area (Å²) in [5.74, 6) is -0.206. The van der Waals surface area contributed by atoms with Gasteiger partial charge in [0.05, 0.1) is 12.2 Å². The maximum Gasteiger partial charge on any atom is 0.340 e. The molecule has 0 spiro atoms. The number of carbonyl (C=O) groups is 1. The second-order valence-electron chi connectivity index (χ2n) is 6.10. The Hall–Kier alpha value is -1.81. The summed E-state index contributed by atoms with van der Waals surface area (Å²) in [6, 6.07) is 7.82. The molecule has 2 aliphatic rings. The minimum atomic E-state index is -0.206. The third-order valence-electron chi connectivity index (χ3n) is 4.79. The number of para-hydroxylation sites is 1. The van der Waals surface area contributed by atoms with Gasteiger partial charge in [-0.05, 0) is 32.0 Å². The average Bonchev–Trinajstić information content (AvgIpc) is 3.19. The highest BCUT2D eigenvalue weighted by molar-refractivity contribution is 6.03. The summed E-state index contributed by atoms with van der Waals surface area (Å²) >= 11 is 0. The van der Waals surface area contributed by atoms with Crippen LogP contribution in [0, 0.1) is 5.41 Å². The lowest BCUT2D eigenvalue weighted by atomic mass is 9.86. The van der Waals surface area contributed by atoms with Crippen molar-refractivity contribution in [1.82, 2.24) is 9.88 Å². The van der Waals surface area contributed by atoms with E-state index in [2.05, 4.69) is 9.88 Å². The van der Waals surface area contributed by atoms with E-state index >= 15 is 0 Å². The van der Waals surface area contributed by atoms with Crippen LogP contribution in [-0.2, 0) is 4.74 Å². The third-order valence-corrected chi connectivity index (χ3v) is 4.79. The number of carbonyl (C=O) groups excluding carboxylic acids is 1. The molecule has 0 aliphatic carbocycles. The SMILES string of the molecule is O=C(OCC12CCN(CC1)C2)c1c[nH]c2ccccc12. The lowest BCUT2D eigenvalue weighted by Crippen LogP contribution is -2.27. The van der Waals surface area contributed by atoms with Crippen LogP contribution in [0.25, 0.3) is 10.9 Å². The summed E-state index contributed by atoms with van der Waals surface area (Å²) in [6.45, 7) is 3.96. The van der Waals surface area contributed by atoms with Crippen molar-refractivity contribution in [3.63, 3.8) is 0 Å². The Kier molecular flexibility index (Phi) is 2.60. The van der Waals surface area contributed by atoms with E-state index in [1.165, 1.54) is 0 Å². The number of hydrogen-bond acceptors (Lipinski definition) is 3. The van der Waals surface area contributed by atoms with Gasteiger partial charge in [-0.3, -0.25) is 0 Å². The van der Waals surface area contributed by atoms with Crippen LogP contribution in [0.4, 0.5) is 0 Å². The van der Waals surface area contributed by atoms with Gasteiger partial charge in [-0.15, -0.1) is 0 Å². The lowest BCUT2D eigenvalue weighted by Gasteiger charge is -2.24. The minimum Gasteiger partial charge on any atom is -0.461 e. The molecule has 0 unspecified atom stereocenters. The molecule has 1 aromatic carbocycles. The molecule has 4 nitrogen and oxygen atoms in total. The number of nitrogens with zero attached hydrogens (tertiary/aromatic N) is 1. The van der Waals surface area contributed by atoms with Crippen molar-refractivity contribution in [2.75, 3.05) is 26.2 Å². The summed E-state index contributed by atoms with van der Waals surface area (Å²) in [6.07, 6.45) is 4.07. The molecule has 4 heteroatoms. The molecule has 0 radical (unpaired) electrons. The van der Waals surface area contributed by atoms with Gasteiger partial charge in [-0.2, -0.15) is 0 Å². The van der Waals surface area contributed by atoms with Crippen LogP contribution in [0.15, 0.2) is 30.5 Å². The number of aromatic amines is 1. The van der Waals surface area contributed by atoms with Crippen molar-refractivity contribution in [2.45, 2.75) is 12.8 Å². The van der Waals surface area contributed by atoms with Crippen LogP contribution in [0.1, 0.15) is 23.2 Å². The number of benzene rings is 1. The van der Waals surface area contributed by atoms with Gasteiger partial charge in [0, 0.05) is 29.1 Å². The Labute approximate surface area is 117 Å². The number of nitrogens with one attached hydrogen (secondary N) is 1. The van der Waals surface area contributed by atoms with Crippen molar-refractivity contribution in [1.29, 1.82) is 0 Å². The van der Waals surface area contributed by atoms with Crippen LogP contribution in [0.2, 0.25) is 0 Å². The molecule has 2 aliphatic heterocycles. The monoisotopic (exact) mass is 270 g/mol. The van der Waals surface area contributed by atoms with Crippen molar-refractivity contribution < 1.29 is 9.53 Å². The predicted octanol–water partition coefficient (Wildman–Crippen LogP) is 2.42. The van der Waals surface area contributed by atoms with E-state index in [9.17, 15) is 4.79 Å². The first-order valence-corrected chi connectivity index (χ1v) is 7.21. The van der Waals surface area contributed by atoms with E-state index in [0.29, 0.717) is 12.2 Å².